The standard InChI is InChI=1S/C22H29N3O/c1-17-14-20-8-13-25(22(26)21(20)15-18(17)2)11-5-10-24(3)12-7-19-6-4-9-23-16-19/h4,6,9,14-16H,5,7-8,10-13H2,1-3H3. The summed E-state index contributed by atoms with van der Waals surface area (Å²) in [6.45, 7) is 7.90. The Morgan fingerprint density at radius 2 is 2.00 bits per heavy atom. The van der Waals surface area contributed by atoms with E-state index in [4.69, 9.17) is 0 Å². The van der Waals surface area contributed by atoms with E-state index in [0.29, 0.717) is 0 Å². The molecule has 1 aliphatic heterocycles. The van der Waals surface area contributed by atoms with Crippen molar-refractivity contribution in [1.29, 1.82) is 0 Å². The van der Waals surface area contributed by atoms with Crippen LogP contribution in [0.2, 0.25) is 0 Å². The Labute approximate surface area is 156 Å². The number of nitrogens with zero attached hydrogens (tertiary/aromatic N) is 3. The van der Waals surface area contributed by atoms with Crippen LogP contribution in [0.1, 0.15) is 39.0 Å². The highest BCUT2D eigenvalue weighted by molar-refractivity contribution is 5.97. The van der Waals surface area contributed by atoms with Crippen molar-refractivity contribution in [1.82, 2.24) is 14.8 Å². The number of carbonyl (C=O) groups is 1. The number of fused-ring (bicyclic) bond motifs is 1. The molecule has 26 heavy (non-hydrogen) atoms. The van der Waals surface area contributed by atoms with Crippen LogP contribution in [0.3, 0.4) is 0 Å². The molecule has 1 amide bonds. The average molecular weight is 351 g/mol. The van der Waals surface area contributed by atoms with Gasteiger partial charge in [0.05, 0.1) is 0 Å². The minimum atomic E-state index is 0.201. The summed E-state index contributed by atoms with van der Waals surface area (Å²) in [6, 6.07) is 8.36. The zero-order valence-corrected chi connectivity index (χ0v) is 16.2. The Hall–Kier alpha value is -2.20. The second kappa shape index (κ2) is 8.45. The summed E-state index contributed by atoms with van der Waals surface area (Å²) in [5.41, 5.74) is 5.87. The number of hydrogen-bond acceptors (Lipinski definition) is 3. The third kappa shape index (κ3) is 4.50. The van der Waals surface area contributed by atoms with Crippen LogP contribution in [0.5, 0.6) is 0 Å². The zero-order chi connectivity index (χ0) is 18.5. The molecule has 0 unspecified atom stereocenters. The van der Waals surface area contributed by atoms with E-state index in [1.165, 1.54) is 22.3 Å². The summed E-state index contributed by atoms with van der Waals surface area (Å²) in [5, 5.41) is 0. The lowest BCUT2D eigenvalue weighted by molar-refractivity contribution is 0.0733. The van der Waals surface area contributed by atoms with Crippen LogP contribution in [0.25, 0.3) is 0 Å². The quantitative estimate of drug-likeness (QED) is 0.768. The van der Waals surface area contributed by atoms with Gasteiger partial charge in [-0.3, -0.25) is 9.78 Å². The predicted molar refractivity (Wildman–Crippen MR) is 106 cm³/mol. The molecule has 0 saturated heterocycles. The Morgan fingerprint density at radius 3 is 2.77 bits per heavy atom. The molecule has 138 valence electrons. The van der Waals surface area contributed by atoms with Crippen LogP contribution in [-0.4, -0.2) is 53.9 Å². The maximum atomic E-state index is 12.8. The van der Waals surface area contributed by atoms with Gasteiger partial charge in [-0.2, -0.15) is 0 Å². The van der Waals surface area contributed by atoms with Crippen LogP contribution in [0.15, 0.2) is 36.7 Å². The molecule has 0 atom stereocenters. The summed E-state index contributed by atoms with van der Waals surface area (Å²) in [6.07, 6.45) is 6.73. The molecular formula is C22H29N3O. The first-order valence-corrected chi connectivity index (χ1v) is 9.51. The van der Waals surface area contributed by atoms with Gasteiger partial charge in [0.15, 0.2) is 0 Å². The largest absolute Gasteiger partial charge is 0.338 e. The fraction of sp³-hybridized carbons (Fsp3) is 0.455. The van der Waals surface area contributed by atoms with Crippen molar-refractivity contribution in [2.24, 2.45) is 0 Å². The van der Waals surface area contributed by atoms with Crippen LogP contribution < -0.4 is 0 Å². The van der Waals surface area contributed by atoms with Crippen molar-refractivity contribution in [2.75, 3.05) is 33.2 Å². The third-order valence-electron chi connectivity index (χ3n) is 5.36. The SMILES string of the molecule is Cc1cc2c(cc1C)C(=O)N(CCCN(C)CCc1cccnc1)CC2. The molecular weight excluding hydrogens is 322 g/mol. The van der Waals surface area contributed by atoms with E-state index in [1.807, 2.05) is 23.4 Å². The molecule has 0 fully saturated rings. The minimum Gasteiger partial charge on any atom is -0.338 e. The van der Waals surface area contributed by atoms with E-state index >= 15 is 0 Å². The van der Waals surface area contributed by atoms with Gasteiger partial charge in [0.25, 0.3) is 5.91 Å². The Kier molecular flexibility index (Phi) is 6.04. The molecule has 0 radical (unpaired) electrons. The van der Waals surface area contributed by atoms with Crippen molar-refractivity contribution in [3.05, 3.63) is 64.5 Å². The molecule has 1 aromatic carbocycles. The Bertz CT molecular complexity index is 757. The van der Waals surface area contributed by atoms with E-state index in [9.17, 15) is 4.79 Å². The van der Waals surface area contributed by atoms with Gasteiger partial charge < -0.3 is 9.80 Å². The lowest BCUT2D eigenvalue weighted by Gasteiger charge is -2.30. The summed E-state index contributed by atoms with van der Waals surface area (Å²) in [7, 11) is 2.15. The van der Waals surface area contributed by atoms with Gasteiger partial charge in [0, 0.05) is 37.6 Å². The van der Waals surface area contributed by atoms with Crippen LogP contribution in [0, 0.1) is 13.8 Å². The summed E-state index contributed by atoms with van der Waals surface area (Å²) in [4.78, 5) is 21.3. The molecule has 1 aromatic heterocycles. The fourth-order valence-electron chi connectivity index (χ4n) is 3.53. The lowest BCUT2D eigenvalue weighted by Crippen LogP contribution is -2.39. The second-order valence-electron chi connectivity index (χ2n) is 7.40. The molecule has 0 saturated carbocycles. The molecule has 0 N–H and O–H groups in total. The number of pyridine rings is 1. The van der Waals surface area contributed by atoms with Gasteiger partial charge >= 0.3 is 0 Å². The number of amides is 1. The summed E-state index contributed by atoms with van der Waals surface area (Å²) >= 11 is 0. The van der Waals surface area contributed by atoms with Gasteiger partial charge in [0.2, 0.25) is 0 Å². The number of aryl methyl sites for hydroxylation is 2. The molecule has 1 aliphatic rings. The van der Waals surface area contributed by atoms with Gasteiger partial charge in [-0.1, -0.05) is 12.1 Å². The molecule has 3 rings (SSSR count). The molecule has 4 heteroatoms. The normalized spacial score (nSPS) is 14.0. The Balaban J connectivity index is 1.46. The van der Waals surface area contributed by atoms with Crippen LogP contribution >= 0.6 is 0 Å². The molecule has 0 spiro atoms. The highest BCUT2D eigenvalue weighted by atomic mass is 16.2. The number of rotatable bonds is 7. The Morgan fingerprint density at radius 1 is 1.19 bits per heavy atom. The van der Waals surface area contributed by atoms with Crippen LogP contribution in [0.4, 0.5) is 0 Å². The smallest absolute Gasteiger partial charge is 0.254 e. The maximum Gasteiger partial charge on any atom is 0.254 e. The fourth-order valence-corrected chi connectivity index (χ4v) is 3.53. The lowest BCUT2D eigenvalue weighted by atomic mass is 9.94. The first kappa shape index (κ1) is 18.6. The topological polar surface area (TPSA) is 36.4 Å². The van der Waals surface area contributed by atoms with Crippen molar-refractivity contribution in [3.63, 3.8) is 0 Å². The molecule has 4 nitrogen and oxygen atoms in total. The zero-order valence-electron chi connectivity index (χ0n) is 16.2. The number of hydrogen-bond donors (Lipinski definition) is 0. The summed E-state index contributed by atoms with van der Waals surface area (Å²) < 4.78 is 0. The van der Waals surface area contributed by atoms with E-state index in [-0.39, 0.29) is 5.91 Å². The third-order valence-corrected chi connectivity index (χ3v) is 5.36. The summed E-state index contributed by atoms with van der Waals surface area (Å²) in [5.74, 6) is 0.201. The predicted octanol–water partition coefficient (Wildman–Crippen LogP) is 3.26. The molecule has 0 bridgehead atoms. The average Bonchev–Trinajstić information content (AvgIpc) is 2.64. The minimum absolute atomic E-state index is 0.201. The van der Waals surface area contributed by atoms with Gasteiger partial charge in [0.1, 0.15) is 0 Å². The second-order valence-corrected chi connectivity index (χ2v) is 7.40. The van der Waals surface area contributed by atoms with Gasteiger partial charge in [-0.15, -0.1) is 0 Å². The van der Waals surface area contributed by atoms with Gasteiger partial charge in [-0.25, -0.2) is 0 Å². The molecule has 2 heterocycles. The number of aromatic nitrogens is 1. The van der Waals surface area contributed by atoms with Crippen LogP contribution in [-0.2, 0) is 12.8 Å². The number of likely N-dealkylation sites (N-methyl/N-ethyl adjacent to an activating group) is 1. The highest BCUT2D eigenvalue weighted by Crippen LogP contribution is 2.23. The van der Waals surface area contributed by atoms with Gasteiger partial charge in [-0.05, 0) is 81.1 Å². The van der Waals surface area contributed by atoms with Crippen molar-refractivity contribution < 1.29 is 4.79 Å². The first-order chi connectivity index (χ1) is 12.5. The van der Waals surface area contributed by atoms with Crippen molar-refractivity contribution in [3.8, 4) is 0 Å². The highest BCUT2D eigenvalue weighted by Gasteiger charge is 2.24. The number of carbonyl (C=O) groups excluding carboxylic acids is 1. The number of benzene rings is 1. The van der Waals surface area contributed by atoms with E-state index in [1.54, 1.807) is 0 Å². The van der Waals surface area contributed by atoms with E-state index in [2.05, 4.69) is 49.0 Å². The van der Waals surface area contributed by atoms with Crippen molar-refractivity contribution in [2.45, 2.75) is 33.1 Å². The van der Waals surface area contributed by atoms with E-state index < -0.39 is 0 Å². The monoisotopic (exact) mass is 351 g/mol. The van der Waals surface area contributed by atoms with Crippen molar-refractivity contribution >= 4 is 5.91 Å². The first-order valence-electron chi connectivity index (χ1n) is 9.51. The van der Waals surface area contributed by atoms with E-state index in [0.717, 1.165) is 51.0 Å². The molecule has 0 aliphatic carbocycles. The maximum absolute atomic E-state index is 12.8. The molecule has 2 aromatic rings.